The minimum atomic E-state index is -3.01. The zero-order chi connectivity index (χ0) is 14.6. The van der Waals surface area contributed by atoms with Crippen LogP contribution in [0.3, 0.4) is 0 Å². The van der Waals surface area contributed by atoms with E-state index in [-0.39, 0.29) is 5.17 Å². The predicted octanol–water partition coefficient (Wildman–Crippen LogP) is 3.42. The Morgan fingerprint density at radius 1 is 1.05 bits per heavy atom. The second-order valence-corrected chi connectivity index (χ2v) is 7.94. The molecule has 0 aliphatic rings. The Labute approximate surface area is 123 Å². The molecule has 0 radical (unpaired) electrons. The quantitative estimate of drug-likeness (QED) is 0.407. The highest BCUT2D eigenvalue weighted by molar-refractivity contribution is 7.80. The number of benzene rings is 2. The number of nitrogens with zero attached hydrogens (tertiary/aromatic N) is 1. The normalized spacial score (nSPS) is 14.0. The van der Waals surface area contributed by atoms with Gasteiger partial charge in [0, 0.05) is 10.6 Å². The molecule has 0 spiro atoms. The Balaban J connectivity index is 2.65. The summed E-state index contributed by atoms with van der Waals surface area (Å²) in [6.45, 7) is 1.71. The van der Waals surface area contributed by atoms with Crippen molar-refractivity contribution < 1.29 is 9.77 Å². The zero-order valence-corrected chi connectivity index (χ0v) is 12.6. The molecule has 0 heterocycles. The lowest BCUT2D eigenvalue weighted by Gasteiger charge is -2.24. The van der Waals surface area contributed by atoms with Crippen molar-refractivity contribution in [2.24, 2.45) is 5.16 Å². The van der Waals surface area contributed by atoms with Gasteiger partial charge in [0.1, 0.15) is 0 Å². The molecule has 0 bridgehead atoms. The molecule has 1 N–H and O–H groups in total. The van der Waals surface area contributed by atoms with E-state index in [1.807, 2.05) is 60.7 Å². The Kier molecular flexibility index (Phi) is 4.64. The molecule has 2 rings (SSSR count). The fraction of sp³-hybridized carbons (Fsp3) is 0.133. The molecule has 0 saturated carbocycles. The Morgan fingerprint density at radius 3 is 1.80 bits per heavy atom. The fourth-order valence-corrected chi connectivity index (χ4v) is 5.32. The van der Waals surface area contributed by atoms with Crippen LogP contribution in [0.2, 0.25) is 0 Å². The topological polar surface area (TPSA) is 49.7 Å². The van der Waals surface area contributed by atoms with Crippen molar-refractivity contribution in [2.75, 3.05) is 0 Å². The summed E-state index contributed by atoms with van der Waals surface area (Å²) in [5.41, 5.74) is -0.584. The van der Waals surface area contributed by atoms with E-state index in [1.165, 1.54) is 0 Å². The summed E-state index contributed by atoms with van der Waals surface area (Å²) in [7, 11) is -3.01. The number of hydrogen-bond acceptors (Lipinski definition) is 3. The molecule has 5 heteroatoms. The van der Waals surface area contributed by atoms with Gasteiger partial charge in [-0.05, 0) is 6.92 Å². The molecule has 0 aliphatic heterocycles. The lowest BCUT2D eigenvalue weighted by atomic mass is 10.4. The van der Waals surface area contributed by atoms with Gasteiger partial charge in [-0.25, -0.2) is 0 Å². The maximum Gasteiger partial charge on any atom is 0.156 e. The molecule has 1 atom stereocenters. The maximum absolute atomic E-state index is 13.6. The summed E-state index contributed by atoms with van der Waals surface area (Å²) in [6.07, 6.45) is 0. The highest BCUT2D eigenvalue weighted by atomic mass is 35.5. The summed E-state index contributed by atoms with van der Waals surface area (Å²) >= 11 is 5.93. The standard InChI is InChI=1S/C15H15ClNO2P/c1-12(15(16)17-18)20(19,13-8-4-2-5-9-13)14-10-6-3-7-11-14/h2-12,18H,1H3/b17-15+. The van der Waals surface area contributed by atoms with E-state index in [1.54, 1.807) is 6.92 Å². The molecule has 0 saturated heterocycles. The minimum absolute atomic E-state index is 0.0546. The third kappa shape index (κ3) is 2.65. The van der Waals surface area contributed by atoms with Crippen LogP contribution in [-0.4, -0.2) is 16.0 Å². The van der Waals surface area contributed by atoms with E-state index in [0.29, 0.717) is 10.6 Å². The van der Waals surface area contributed by atoms with Crippen LogP contribution in [0.25, 0.3) is 0 Å². The van der Waals surface area contributed by atoms with Crippen molar-refractivity contribution in [3.05, 3.63) is 60.7 Å². The summed E-state index contributed by atoms with van der Waals surface area (Å²) in [5.74, 6) is 0. The molecule has 2 aromatic rings. The Bertz CT molecular complexity index is 600. The van der Waals surface area contributed by atoms with Crippen LogP contribution in [0.4, 0.5) is 0 Å². The molecule has 3 nitrogen and oxygen atoms in total. The average Bonchev–Trinajstić information content (AvgIpc) is 2.54. The Morgan fingerprint density at radius 2 is 1.45 bits per heavy atom. The summed E-state index contributed by atoms with van der Waals surface area (Å²) in [4.78, 5) is 0. The van der Waals surface area contributed by atoms with Crippen LogP contribution in [0.15, 0.2) is 65.8 Å². The van der Waals surface area contributed by atoms with Crippen LogP contribution < -0.4 is 10.6 Å². The van der Waals surface area contributed by atoms with Gasteiger partial charge in [-0.15, -0.1) is 0 Å². The Hall–Kier alpha value is -1.57. The largest absolute Gasteiger partial charge is 0.410 e. The molecule has 0 aromatic heterocycles. The highest BCUT2D eigenvalue weighted by Crippen LogP contribution is 2.49. The van der Waals surface area contributed by atoms with E-state index < -0.39 is 12.8 Å². The smallest absolute Gasteiger partial charge is 0.156 e. The fourth-order valence-electron chi connectivity index (χ4n) is 2.13. The highest BCUT2D eigenvalue weighted by Gasteiger charge is 2.36. The van der Waals surface area contributed by atoms with E-state index in [2.05, 4.69) is 5.16 Å². The number of rotatable bonds is 4. The van der Waals surface area contributed by atoms with Gasteiger partial charge in [-0.2, -0.15) is 0 Å². The van der Waals surface area contributed by atoms with Crippen LogP contribution in [0, 0.1) is 0 Å². The van der Waals surface area contributed by atoms with Crippen molar-refractivity contribution in [3.8, 4) is 0 Å². The first-order valence-electron chi connectivity index (χ1n) is 6.19. The lowest BCUT2D eigenvalue weighted by molar-refractivity contribution is 0.319. The SMILES string of the molecule is CC(/C(Cl)=N\O)P(=O)(c1ccccc1)c1ccccc1. The zero-order valence-electron chi connectivity index (χ0n) is 11.0. The summed E-state index contributed by atoms with van der Waals surface area (Å²) in [6, 6.07) is 18.3. The van der Waals surface area contributed by atoms with Crippen LogP contribution >= 0.6 is 18.7 Å². The molecule has 2 aromatic carbocycles. The summed E-state index contributed by atoms with van der Waals surface area (Å²) < 4.78 is 13.6. The van der Waals surface area contributed by atoms with E-state index >= 15 is 0 Å². The van der Waals surface area contributed by atoms with E-state index in [9.17, 15) is 4.57 Å². The summed E-state index contributed by atoms with van der Waals surface area (Å²) in [5, 5.41) is 13.2. The average molecular weight is 308 g/mol. The van der Waals surface area contributed by atoms with Crippen molar-refractivity contribution in [1.29, 1.82) is 0 Å². The molecule has 1 unspecified atom stereocenters. The van der Waals surface area contributed by atoms with E-state index in [0.717, 1.165) is 0 Å². The maximum atomic E-state index is 13.6. The van der Waals surface area contributed by atoms with Gasteiger partial charge in [-0.3, -0.25) is 0 Å². The van der Waals surface area contributed by atoms with Gasteiger partial charge in [0.2, 0.25) is 0 Å². The van der Waals surface area contributed by atoms with Gasteiger partial charge in [0.15, 0.2) is 12.3 Å². The molecular formula is C15H15ClNO2P. The number of hydrogen-bond donors (Lipinski definition) is 1. The molecule has 0 amide bonds. The second kappa shape index (κ2) is 6.25. The molecule has 104 valence electrons. The first-order valence-corrected chi connectivity index (χ1v) is 8.34. The van der Waals surface area contributed by atoms with Crippen molar-refractivity contribution in [3.63, 3.8) is 0 Å². The third-order valence-corrected chi connectivity index (χ3v) is 7.29. The van der Waals surface area contributed by atoms with Crippen molar-refractivity contribution in [1.82, 2.24) is 0 Å². The predicted molar refractivity (Wildman–Crippen MR) is 84.3 cm³/mol. The molecular weight excluding hydrogens is 293 g/mol. The van der Waals surface area contributed by atoms with Gasteiger partial charge >= 0.3 is 0 Å². The van der Waals surface area contributed by atoms with Crippen LogP contribution in [0.1, 0.15) is 6.92 Å². The monoisotopic (exact) mass is 307 g/mol. The second-order valence-electron chi connectivity index (χ2n) is 4.43. The van der Waals surface area contributed by atoms with Gasteiger partial charge in [0.05, 0.1) is 5.66 Å². The van der Waals surface area contributed by atoms with Gasteiger partial charge in [-0.1, -0.05) is 77.4 Å². The molecule has 0 aliphatic carbocycles. The minimum Gasteiger partial charge on any atom is -0.410 e. The molecule has 20 heavy (non-hydrogen) atoms. The number of oxime groups is 1. The third-order valence-electron chi connectivity index (χ3n) is 3.27. The van der Waals surface area contributed by atoms with Crippen LogP contribution in [-0.2, 0) is 4.57 Å². The van der Waals surface area contributed by atoms with Gasteiger partial charge in [0.25, 0.3) is 0 Å². The van der Waals surface area contributed by atoms with Crippen molar-refractivity contribution >= 4 is 34.5 Å². The molecule has 0 fully saturated rings. The van der Waals surface area contributed by atoms with Crippen molar-refractivity contribution in [2.45, 2.75) is 12.6 Å². The lowest BCUT2D eigenvalue weighted by Crippen LogP contribution is -2.27. The first kappa shape index (κ1) is 14.8. The van der Waals surface area contributed by atoms with Crippen LogP contribution in [0.5, 0.6) is 0 Å². The van der Waals surface area contributed by atoms with Gasteiger partial charge < -0.3 is 9.77 Å². The first-order chi connectivity index (χ1) is 9.60. The van der Waals surface area contributed by atoms with E-state index in [4.69, 9.17) is 16.8 Å². The number of halogens is 1.